The van der Waals surface area contributed by atoms with Crippen LogP contribution in [0.1, 0.15) is 49.5 Å². The molecule has 2 atom stereocenters. The summed E-state index contributed by atoms with van der Waals surface area (Å²) < 4.78 is 5.46. The van der Waals surface area contributed by atoms with Gasteiger partial charge in [0, 0.05) is 0 Å². The summed E-state index contributed by atoms with van der Waals surface area (Å²) in [6.45, 7) is 2.18. The van der Waals surface area contributed by atoms with Gasteiger partial charge < -0.3 is 4.74 Å². The molecular weight excluding hydrogens is 252 g/mol. The molecule has 1 aliphatic carbocycles. The van der Waals surface area contributed by atoms with Gasteiger partial charge in [-0.15, -0.1) is 0 Å². The Balaban J connectivity index is 1.95. The molecule has 1 aromatic heterocycles. The van der Waals surface area contributed by atoms with Crippen LogP contribution >= 0.6 is 11.6 Å². The van der Waals surface area contributed by atoms with Crippen molar-refractivity contribution in [1.82, 2.24) is 9.97 Å². The van der Waals surface area contributed by atoms with E-state index in [-0.39, 0.29) is 17.0 Å². The average molecular weight is 269 g/mol. The largest absolute Gasteiger partial charge is 0.458 e. The Labute approximate surface area is 112 Å². The van der Waals surface area contributed by atoms with Crippen molar-refractivity contribution in [3.8, 4) is 0 Å². The van der Waals surface area contributed by atoms with Crippen LogP contribution in [0.3, 0.4) is 0 Å². The summed E-state index contributed by atoms with van der Waals surface area (Å²) in [5.41, 5.74) is 0.182. The maximum Gasteiger partial charge on any atom is 0.358 e. The van der Waals surface area contributed by atoms with E-state index >= 15 is 0 Å². The molecule has 0 radical (unpaired) electrons. The molecule has 1 heterocycles. The fraction of sp³-hybridized carbons (Fsp3) is 0.615. The van der Waals surface area contributed by atoms with Crippen LogP contribution in [-0.2, 0) is 4.74 Å². The van der Waals surface area contributed by atoms with Crippen molar-refractivity contribution in [2.75, 3.05) is 0 Å². The topological polar surface area (TPSA) is 52.1 Å². The molecule has 2 unspecified atom stereocenters. The van der Waals surface area contributed by atoms with Gasteiger partial charge in [0.15, 0.2) is 5.69 Å². The van der Waals surface area contributed by atoms with E-state index in [9.17, 15) is 4.79 Å². The highest BCUT2D eigenvalue weighted by Crippen LogP contribution is 2.28. The van der Waals surface area contributed by atoms with Crippen LogP contribution in [0.5, 0.6) is 0 Å². The molecule has 1 fully saturated rings. The quantitative estimate of drug-likeness (QED) is 0.790. The third kappa shape index (κ3) is 3.42. The molecule has 0 spiro atoms. The fourth-order valence-corrected chi connectivity index (χ4v) is 2.52. The van der Waals surface area contributed by atoms with Crippen LogP contribution in [0.25, 0.3) is 0 Å². The zero-order chi connectivity index (χ0) is 13.0. The first-order chi connectivity index (χ1) is 8.69. The first-order valence-electron chi connectivity index (χ1n) is 6.37. The van der Waals surface area contributed by atoms with Crippen LogP contribution in [0.15, 0.2) is 12.4 Å². The molecule has 1 aromatic rings. The molecule has 18 heavy (non-hydrogen) atoms. The minimum atomic E-state index is -0.424. The van der Waals surface area contributed by atoms with Crippen molar-refractivity contribution in [1.29, 1.82) is 0 Å². The third-order valence-electron chi connectivity index (χ3n) is 3.40. The van der Waals surface area contributed by atoms with E-state index in [1.165, 1.54) is 18.8 Å². The molecule has 0 N–H and O–H groups in total. The van der Waals surface area contributed by atoms with Gasteiger partial charge in [0.2, 0.25) is 0 Å². The average Bonchev–Trinajstić information content (AvgIpc) is 2.39. The zero-order valence-corrected chi connectivity index (χ0v) is 11.2. The van der Waals surface area contributed by atoms with Gasteiger partial charge in [-0.1, -0.05) is 31.4 Å². The SMILES string of the molecule is CCC1CCCC(OC(=O)c2cncc(Cl)n2)C1. The molecule has 0 aliphatic heterocycles. The van der Waals surface area contributed by atoms with Gasteiger partial charge in [-0.2, -0.15) is 0 Å². The first kappa shape index (κ1) is 13.3. The zero-order valence-electron chi connectivity index (χ0n) is 10.4. The number of ether oxygens (including phenoxy) is 1. The Morgan fingerprint density at radius 1 is 1.50 bits per heavy atom. The van der Waals surface area contributed by atoms with Gasteiger partial charge in [0.25, 0.3) is 0 Å². The summed E-state index contributed by atoms with van der Waals surface area (Å²) in [6, 6.07) is 0. The van der Waals surface area contributed by atoms with Crippen LogP contribution in [0, 0.1) is 5.92 Å². The predicted molar refractivity (Wildman–Crippen MR) is 68.5 cm³/mol. The Kier molecular flexibility index (Phi) is 4.53. The van der Waals surface area contributed by atoms with Crippen molar-refractivity contribution < 1.29 is 9.53 Å². The predicted octanol–water partition coefficient (Wildman–Crippen LogP) is 3.26. The van der Waals surface area contributed by atoms with Gasteiger partial charge in [-0.3, -0.25) is 4.98 Å². The smallest absolute Gasteiger partial charge is 0.358 e. The van der Waals surface area contributed by atoms with Gasteiger partial charge in [-0.05, 0) is 25.2 Å². The Bertz CT molecular complexity index is 425. The van der Waals surface area contributed by atoms with E-state index in [1.54, 1.807) is 0 Å². The molecule has 5 heteroatoms. The Morgan fingerprint density at radius 2 is 2.33 bits per heavy atom. The highest BCUT2D eigenvalue weighted by molar-refractivity contribution is 6.29. The maximum absolute atomic E-state index is 11.9. The van der Waals surface area contributed by atoms with E-state index in [0.717, 1.165) is 25.7 Å². The maximum atomic E-state index is 11.9. The minimum absolute atomic E-state index is 0.0111. The van der Waals surface area contributed by atoms with Gasteiger partial charge in [0.1, 0.15) is 11.3 Å². The summed E-state index contributed by atoms with van der Waals surface area (Å²) in [4.78, 5) is 19.6. The molecule has 0 bridgehead atoms. The molecule has 1 aliphatic rings. The molecule has 98 valence electrons. The van der Waals surface area contributed by atoms with Gasteiger partial charge in [-0.25, -0.2) is 9.78 Å². The molecule has 2 rings (SSSR count). The van der Waals surface area contributed by atoms with Crippen molar-refractivity contribution in [3.05, 3.63) is 23.2 Å². The lowest BCUT2D eigenvalue weighted by atomic mass is 9.85. The Morgan fingerprint density at radius 3 is 3.06 bits per heavy atom. The third-order valence-corrected chi connectivity index (χ3v) is 3.58. The lowest BCUT2D eigenvalue weighted by Gasteiger charge is -2.27. The van der Waals surface area contributed by atoms with Crippen LogP contribution in [-0.4, -0.2) is 22.0 Å². The van der Waals surface area contributed by atoms with E-state index in [2.05, 4.69) is 16.9 Å². The summed E-state index contributed by atoms with van der Waals surface area (Å²) in [5, 5.41) is 0.208. The number of rotatable bonds is 3. The standard InChI is InChI=1S/C13H17ClN2O2/c1-2-9-4-3-5-10(6-9)18-13(17)11-7-15-8-12(14)16-11/h7-10H,2-6H2,1H3. The minimum Gasteiger partial charge on any atom is -0.458 e. The Hall–Kier alpha value is -1.16. The number of hydrogen-bond acceptors (Lipinski definition) is 4. The molecule has 1 saturated carbocycles. The van der Waals surface area contributed by atoms with Crippen molar-refractivity contribution in [2.24, 2.45) is 5.92 Å². The summed E-state index contributed by atoms with van der Waals surface area (Å²) >= 11 is 5.70. The van der Waals surface area contributed by atoms with Crippen molar-refractivity contribution in [3.63, 3.8) is 0 Å². The molecule has 0 amide bonds. The van der Waals surface area contributed by atoms with Crippen LogP contribution in [0.4, 0.5) is 0 Å². The van der Waals surface area contributed by atoms with Gasteiger partial charge >= 0.3 is 5.97 Å². The van der Waals surface area contributed by atoms with Crippen molar-refractivity contribution >= 4 is 17.6 Å². The van der Waals surface area contributed by atoms with Crippen molar-refractivity contribution in [2.45, 2.75) is 45.1 Å². The number of carbonyl (C=O) groups is 1. The second kappa shape index (κ2) is 6.14. The van der Waals surface area contributed by atoms with E-state index in [1.807, 2.05) is 0 Å². The highest BCUT2D eigenvalue weighted by Gasteiger charge is 2.24. The van der Waals surface area contributed by atoms with E-state index in [4.69, 9.17) is 16.3 Å². The summed E-state index contributed by atoms with van der Waals surface area (Å²) in [5.74, 6) is 0.244. The number of aromatic nitrogens is 2. The van der Waals surface area contributed by atoms with Gasteiger partial charge in [0.05, 0.1) is 12.4 Å². The number of esters is 1. The number of halogens is 1. The van der Waals surface area contributed by atoms with Crippen LogP contribution < -0.4 is 0 Å². The number of carbonyl (C=O) groups excluding carboxylic acids is 1. The lowest BCUT2D eigenvalue weighted by Crippen LogP contribution is -2.25. The summed E-state index contributed by atoms with van der Waals surface area (Å²) in [7, 11) is 0. The second-order valence-corrected chi connectivity index (χ2v) is 5.08. The normalized spacial score (nSPS) is 23.7. The monoisotopic (exact) mass is 268 g/mol. The lowest BCUT2D eigenvalue weighted by molar-refractivity contribution is 0.0133. The van der Waals surface area contributed by atoms with E-state index < -0.39 is 5.97 Å². The summed E-state index contributed by atoms with van der Waals surface area (Å²) in [6.07, 6.45) is 8.19. The first-order valence-corrected chi connectivity index (χ1v) is 6.75. The molecular formula is C13H17ClN2O2. The molecule has 0 saturated heterocycles. The van der Waals surface area contributed by atoms with E-state index in [0.29, 0.717) is 5.92 Å². The number of hydrogen-bond donors (Lipinski definition) is 0. The van der Waals surface area contributed by atoms with Crippen LogP contribution in [0.2, 0.25) is 5.15 Å². The molecule has 4 nitrogen and oxygen atoms in total. The fourth-order valence-electron chi connectivity index (χ4n) is 2.37. The second-order valence-electron chi connectivity index (χ2n) is 4.70. The number of nitrogens with zero attached hydrogens (tertiary/aromatic N) is 2. The highest BCUT2D eigenvalue weighted by atomic mass is 35.5. The molecule has 0 aromatic carbocycles.